The van der Waals surface area contributed by atoms with Gasteiger partial charge in [-0.2, -0.15) is 0 Å². The van der Waals surface area contributed by atoms with Gasteiger partial charge < -0.3 is 4.74 Å². The van der Waals surface area contributed by atoms with Crippen molar-refractivity contribution >= 4 is 27.5 Å². The summed E-state index contributed by atoms with van der Waals surface area (Å²) in [5, 5.41) is 1.39. The molecule has 0 aliphatic heterocycles. The SMILES string of the molecule is CCc1nc(C)ccc1Oc1cc(Cl)ccc1CBr. The van der Waals surface area contributed by atoms with Gasteiger partial charge >= 0.3 is 0 Å². The average Bonchev–Trinajstić information content (AvgIpc) is 2.41. The Kier molecular flexibility index (Phi) is 4.83. The Labute approximate surface area is 126 Å². The standard InChI is InChI=1S/C15H15BrClNO/c1-3-13-14(7-4-10(2)18-13)19-15-8-12(17)6-5-11(15)9-16/h4-8H,3,9H2,1-2H3. The first-order chi connectivity index (χ1) is 9.13. The van der Waals surface area contributed by atoms with Crippen molar-refractivity contribution in [2.45, 2.75) is 25.6 Å². The highest BCUT2D eigenvalue weighted by Crippen LogP contribution is 2.31. The highest BCUT2D eigenvalue weighted by Gasteiger charge is 2.09. The average molecular weight is 341 g/mol. The molecule has 1 aromatic heterocycles. The van der Waals surface area contributed by atoms with Crippen LogP contribution >= 0.6 is 27.5 Å². The summed E-state index contributed by atoms with van der Waals surface area (Å²) < 4.78 is 5.98. The van der Waals surface area contributed by atoms with Crippen LogP contribution in [0.2, 0.25) is 5.02 Å². The Morgan fingerprint density at radius 1 is 1.21 bits per heavy atom. The van der Waals surface area contributed by atoms with Crippen molar-refractivity contribution in [1.29, 1.82) is 0 Å². The maximum absolute atomic E-state index is 6.03. The normalized spacial score (nSPS) is 10.5. The molecule has 2 rings (SSSR count). The molecule has 0 bridgehead atoms. The second-order valence-electron chi connectivity index (χ2n) is 4.24. The van der Waals surface area contributed by atoms with Crippen molar-refractivity contribution in [1.82, 2.24) is 4.98 Å². The molecule has 0 amide bonds. The van der Waals surface area contributed by atoms with E-state index >= 15 is 0 Å². The summed E-state index contributed by atoms with van der Waals surface area (Å²) in [6.45, 7) is 4.05. The van der Waals surface area contributed by atoms with E-state index < -0.39 is 0 Å². The molecule has 1 aromatic carbocycles. The molecular weight excluding hydrogens is 326 g/mol. The molecule has 2 aromatic rings. The fraction of sp³-hybridized carbons (Fsp3) is 0.267. The maximum Gasteiger partial charge on any atom is 0.148 e. The van der Waals surface area contributed by atoms with Gasteiger partial charge in [-0.25, -0.2) is 0 Å². The molecule has 0 saturated carbocycles. The van der Waals surface area contributed by atoms with Gasteiger partial charge in [0.25, 0.3) is 0 Å². The molecule has 4 heteroatoms. The van der Waals surface area contributed by atoms with Crippen molar-refractivity contribution in [3.8, 4) is 11.5 Å². The predicted molar refractivity (Wildman–Crippen MR) is 82.5 cm³/mol. The first-order valence-corrected chi connectivity index (χ1v) is 7.62. The van der Waals surface area contributed by atoms with E-state index in [-0.39, 0.29) is 0 Å². The molecule has 0 aliphatic carbocycles. The van der Waals surface area contributed by atoms with Crippen LogP contribution in [0, 0.1) is 6.92 Å². The number of halogens is 2. The van der Waals surface area contributed by atoms with E-state index in [2.05, 4.69) is 27.8 Å². The van der Waals surface area contributed by atoms with Crippen LogP contribution in [0.15, 0.2) is 30.3 Å². The van der Waals surface area contributed by atoms with Crippen LogP contribution in [0.1, 0.15) is 23.9 Å². The molecule has 0 radical (unpaired) electrons. The summed E-state index contributed by atoms with van der Waals surface area (Å²) in [5.74, 6) is 1.56. The third kappa shape index (κ3) is 3.48. The van der Waals surface area contributed by atoms with Crippen molar-refractivity contribution in [2.24, 2.45) is 0 Å². The molecule has 0 fully saturated rings. The first-order valence-electron chi connectivity index (χ1n) is 6.12. The van der Waals surface area contributed by atoms with Crippen molar-refractivity contribution < 1.29 is 4.74 Å². The van der Waals surface area contributed by atoms with Crippen molar-refractivity contribution in [2.75, 3.05) is 0 Å². The third-order valence-corrected chi connectivity index (χ3v) is 3.64. The maximum atomic E-state index is 6.03. The van der Waals surface area contributed by atoms with Crippen molar-refractivity contribution in [3.63, 3.8) is 0 Å². The summed E-state index contributed by atoms with van der Waals surface area (Å²) in [6, 6.07) is 9.56. The topological polar surface area (TPSA) is 22.1 Å². The van der Waals surface area contributed by atoms with Crippen molar-refractivity contribution in [3.05, 3.63) is 52.3 Å². The molecule has 19 heavy (non-hydrogen) atoms. The largest absolute Gasteiger partial charge is 0.455 e. The number of hydrogen-bond acceptors (Lipinski definition) is 2. The summed E-state index contributed by atoms with van der Waals surface area (Å²) in [6.07, 6.45) is 0.835. The molecule has 0 aliphatic rings. The van der Waals surface area contributed by atoms with Crippen LogP contribution in [0.5, 0.6) is 11.5 Å². The smallest absolute Gasteiger partial charge is 0.148 e. The fourth-order valence-electron chi connectivity index (χ4n) is 1.80. The zero-order valence-corrected chi connectivity index (χ0v) is 13.3. The number of pyridine rings is 1. The molecule has 0 atom stereocenters. The summed E-state index contributed by atoms with van der Waals surface area (Å²) >= 11 is 9.48. The number of aromatic nitrogens is 1. The van der Waals surface area contributed by atoms with Crippen LogP contribution in [0.4, 0.5) is 0 Å². The van der Waals surface area contributed by atoms with E-state index in [1.54, 1.807) is 0 Å². The van der Waals surface area contributed by atoms with Gasteiger partial charge in [-0.15, -0.1) is 0 Å². The van der Waals surface area contributed by atoms with E-state index in [0.717, 1.165) is 40.2 Å². The van der Waals surface area contributed by atoms with Gasteiger partial charge in [0.05, 0.1) is 5.69 Å². The fourth-order valence-corrected chi connectivity index (χ4v) is 2.42. The number of rotatable bonds is 4. The predicted octanol–water partition coefficient (Wildman–Crippen LogP) is 5.29. The Balaban J connectivity index is 2.38. The van der Waals surface area contributed by atoms with E-state index in [1.165, 1.54) is 0 Å². The number of hydrogen-bond donors (Lipinski definition) is 0. The molecule has 1 heterocycles. The Hall–Kier alpha value is -1.06. The first kappa shape index (κ1) is 14.4. The molecule has 0 saturated heterocycles. The molecular formula is C15H15BrClNO. The number of alkyl halides is 1. The summed E-state index contributed by atoms with van der Waals surface area (Å²) in [7, 11) is 0. The highest BCUT2D eigenvalue weighted by atomic mass is 79.9. The zero-order valence-electron chi connectivity index (χ0n) is 10.9. The quantitative estimate of drug-likeness (QED) is 0.705. The number of nitrogens with zero attached hydrogens (tertiary/aromatic N) is 1. The summed E-state index contributed by atoms with van der Waals surface area (Å²) in [5.41, 5.74) is 3.02. The lowest BCUT2D eigenvalue weighted by Gasteiger charge is -2.13. The molecule has 0 N–H and O–H groups in total. The monoisotopic (exact) mass is 339 g/mol. The number of ether oxygens (including phenoxy) is 1. The Bertz CT molecular complexity index is 586. The van der Waals surface area contributed by atoms with E-state index in [9.17, 15) is 0 Å². The molecule has 100 valence electrons. The second-order valence-corrected chi connectivity index (χ2v) is 5.24. The minimum atomic E-state index is 0.665. The lowest BCUT2D eigenvalue weighted by molar-refractivity contribution is 0.469. The second kappa shape index (κ2) is 6.40. The van der Waals surface area contributed by atoms with Crippen LogP contribution in [0.3, 0.4) is 0 Å². The van der Waals surface area contributed by atoms with E-state index in [1.807, 2.05) is 37.3 Å². The zero-order chi connectivity index (χ0) is 13.8. The number of aryl methyl sites for hydroxylation is 2. The highest BCUT2D eigenvalue weighted by molar-refractivity contribution is 9.08. The Morgan fingerprint density at radius 2 is 2.00 bits per heavy atom. The molecule has 2 nitrogen and oxygen atoms in total. The van der Waals surface area contributed by atoms with Gasteiger partial charge in [-0.3, -0.25) is 4.98 Å². The molecule has 0 spiro atoms. The minimum absolute atomic E-state index is 0.665. The Morgan fingerprint density at radius 3 is 2.68 bits per heavy atom. The van der Waals surface area contributed by atoms with Crippen LogP contribution in [-0.4, -0.2) is 4.98 Å². The number of benzene rings is 1. The van der Waals surface area contributed by atoms with Gasteiger partial charge in [0.1, 0.15) is 11.5 Å². The van der Waals surface area contributed by atoms with Crippen LogP contribution in [-0.2, 0) is 11.8 Å². The van der Waals surface area contributed by atoms with Gasteiger partial charge in [0.2, 0.25) is 0 Å². The van der Waals surface area contributed by atoms with Crippen LogP contribution < -0.4 is 4.74 Å². The molecule has 0 unspecified atom stereocenters. The lowest BCUT2D eigenvalue weighted by atomic mass is 10.2. The van der Waals surface area contributed by atoms with Gasteiger partial charge in [-0.05, 0) is 37.6 Å². The van der Waals surface area contributed by atoms with E-state index in [0.29, 0.717) is 5.02 Å². The van der Waals surface area contributed by atoms with Gasteiger partial charge in [0, 0.05) is 21.6 Å². The minimum Gasteiger partial charge on any atom is -0.455 e. The lowest BCUT2D eigenvalue weighted by Crippen LogP contribution is -1.97. The van der Waals surface area contributed by atoms with Crippen LogP contribution in [0.25, 0.3) is 0 Å². The third-order valence-electron chi connectivity index (χ3n) is 2.80. The van der Waals surface area contributed by atoms with E-state index in [4.69, 9.17) is 16.3 Å². The van der Waals surface area contributed by atoms with Gasteiger partial charge in [0.15, 0.2) is 0 Å². The van der Waals surface area contributed by atoms with Gasteiger partial charge in [-0.1, -0.05) is 40.5 Å². The summed E-state index contributed by atoms with van der Waals surface area (Å²) in [4.78, 5) is 4.50.